The maximum atomic E-state index is 4.48. The van der Waals surface area contributed by atoms with Gasteiger partial charge in [-0.2, -0.15) is 4.98 Å². The van der Waals surface area contributed by atoms with Crippen molar-refractivity contribution in [3.05, 3.63) is 77.7 Å². The third-order valence-corrected chi connectivity index (χ3v) is 3.41. The Kier molecular flexibility index (Phi) is 4.79. The monoisotopic (exact) mass is 305 g/mol. The molecular formula is C18H19N5. The summed E-state index contributed by atoms with van der Waals surface area (Å²) < 4.78 is 0. The Labute approximate surface area is 135 Å². The molecule has 5 heteroatoms. The van der Waals surface area contributed by atoms with Crippen LogP contribution in [0.5, 0.6) is 0 Å². The quantitative estimate of drug-likeness (QED) is 0.731. The molecule has 1 aromatic carbocycles. The Bertz CT molecular complexity index is 758. The summed E-state index contributed by atoms with van der Waals surface area (Å²) in [5, 5.41) is 6.54. The molecule has 0 fully saturated rings. The van der Waals surface area contributed by atoms with Gasteiger partial charge in [0.05, 0.1) is 0 Å². The van der Waals surface area contributed by atoms with E-state index in [9.17, 15) is 0 Å². The molecule has 0 aliphatic carbocycles. The van der Waals surface area contributed by atoms with Gasteiger partial charge in [0.1, 0.15) is 5.82 Å². The number of aromatic nitrogens is 3. The maximum Gasteiger partial charge on any atom is 0.224 e. The van der Waals surface area contributed by atoms with Gasteiger partial charge in [0.15, 0.2) is 0 Å². The molecule has 0 atom stereocenters. The summed E-state index contributed by atoms with van der Waals surface area (Å²) in [5.74, 6) is 1.41. The Morgan fingerprint density at radius 1 is 0.870 bits per heavy atom. The molecule has 0 spiro atoms. The van der Waals surface area contributed by atoms with Crippen molar-refractivity contribution >= 4 is 11.8 Å². The number of nitrogens with zero attached hydrogens (tertiary/aromatic N) is 3. The van der Waals surface area contributed by atoms with Crippen LogP contribution in [0.4, 0.5) is 11.8 Å². The average Bonchev–Trinajstić information content (AvgIpc) is 2.60. The van der Waals surface area contributed by atoms with Gasteiger partial charge in [0.2, 0.25) is 5.95 Å². The van der Waals surface area contributed by atoms with E-state index in [1.165, 1.54) is 11.1 Å². The van der Waals surface area contributed by atoms with Crippen LogP contribution in [0.15, 0.2) is 61.1 Å². The first kappa shape index (κ1) is 15.0. The van der Waals surface area contributed by atoms with Crippen molar-refractivity contribution in [3.63, 3.8) is 0 Å². The highest BCUT2D eigenvalue weighted by molar-refractivity contribution is 5.40. The zero-order valence-electron chi connectivity index (χ0n) is 13.0. The molecule has 2 aromatic heterocycles. The zero-order valence-corrected chi connectivity index (χ0v) is 13.0. The summed E-state index contributed by atoms with van der Waals surface area (Å²) in [4.78, 5) is 12.7. The van der Waals surface area contributed by atoms with E-state index in [0.717, 1.165) is 17.9 Å². The lowest BCUT2D eigenvalue weighted by Crippen LogP contribution is -2.06. The zero-order chi connectivity index (χ0) is 15.9. The van der Waals surface area contributed by atoms with Crippen LogP contribution >= 0.6 is 0 Å². The fourth-order valence-electron chi connectivity index (χ4n) is 2.24. The fraction of sp³-hybridized carbons (Fsp3) is 0.167. The second-order valence-corrected chi connectivity index (χ2v) is 5.32. The molecular weight excluding hydrogens is 286 g/mol. The Balaban J connectivity index is 1.59. The van der Waals surface area contributed by atoms with Crippen molar-refractivity contribution in [2.45, 2.75) is 20.0 Å². The van der Waals surface area contributed by atoms with E-state index in [2.05, 4.69) is 56.8 Å². The molecule has 0 bridgehead atoms. The van der Waals surface area contributed by atoms with Crippen LogP contribution in [0.1, 0.15) is 16.7 Å². The van der Waals surface area contributed by atoms with Gasteiger partial charge in [-0.05, 0) is 36.2 Å². The minimum absolute atomic E-state index is 0.607. The van der Waals surface area contributed by atoms with Gasteiger partial charge in [-0.1, -0.05) is 29.8 Å². The van der Waals surface area contributed by atoms with Gasteiger partial charge < -0.3 is 10.6 Å². The van der Waals surface area contributed by atoms with Gasteiger partial charge in [0, 0.05) is 31.7 Å². The van der Waals surface area contributed by atoms with Crippen molar-refractivity contribution in [1.82, 2.24) is 15.0 Å². The molecule has 0 aliphatic heterocycles. The number of nitrogens with one attached hydrogen (secondary N) is 2. The topological polar surface area (TPSA) is 62.7 Å². The third kappa shape index (κ3) is 4.51. The molecule has 2 N–H and O–H groups in total. The molecule has 0 unspecified atom stereocenters. The fourth-order valence-corrected chi connectivity index (χ4v) is 2.24. The molecule has 3 rings (SSSR count). The Morgan fingerprint density at radius 2 is 1.70 bits per heavy atom. The SMILES string of the molecule is Cc1cccc(CNc2ccnc(NCc3ccncc3)n2)c1. The van der Waals surface area contributed by atoms with Crippen molar-refractivity contribution < 1.29 is 0 Å². The molecule has 0 saturated heterocycles. The van der Waals surface area contributed by atoms with E-state index in [0.29, 0.717) is 12.5 Å². The minimum Gasteiger partial charge on any atom is -0.366 e. The normalized spacial score (nSPS) is 10.3. The number of pyridine rings is 1. The van der Waals surface area contributed by atoms with Gasteiger partial charge in [-0.3, -0.25) is 4.98 Å². The second kappa shape index (κ2) is 7.35. The average molecular weight is 305 g/mol. The van der Waals surface area contributed by atoms with Crippen molar-refractivity contribution in [2.24, 2.45) is 0 Å². The lowest BCUT2D eigenvalue weighted by atomic mass is 10.1. The Hall–Kier alpha value is -2.95. The predicted molar refractivity (Wildman–Crippen MR) is 92.1 cm³/mol. The molecule has 0 aliphatic rings. The lowest BCUT2D eigenvalue weighted by molar-refractivity contribution is 1.03. The van der Waals surface area contributed by atoms with Crippen LogP contribution < -0.4 is 10.6 Å². The summed E-state index contributed by atoms with van der Waals surface area (Å²) >= 11 is 0. The number of hydrogen-bond acceptors (Lipinski definition) is 5. The molecule has 2 heterocycles. The van der Waals surface area contributed by atoms with Crippen LogP contribution in [0.2, 0.25) is 0 Å². The van der Waals surface area contributed by atoms with E-state index in [1.807, 2.05) is 18.2 Å². The van der Waals surface area contributed by atoms with Crippen molar-refractivity contribution in [2.75, 3.05) is 10.6 Å². The highest BCUT2D eigenvalue weighted by atomic mass is 15.1. The van der Waals surface area contributed by atoms with Crippen molar-refractivity contribution in [3.8, 4) is 0 Å². The first-order chi connectivity index (χ1) is 11.3. The van der Waals surface area contributed by atoms with E-state index in [1.54, 1.807) is 18.6 Å². The third-order valence-electron chi connectivity index (χ3n) is 3.41. The highest BCUT2D eigenvalue weighted by Crippen LogP contribution is 2.10. The maximum absolute atomic E-state index is 4.48. The largest absolute Gasteiger partial charge is 0.366 e. The van der Waals surface area contributed by atoms with Gasteiger partial charge in [-0.15, -0.1) is 0 Å². The summed E-state index contributed by atoms with van der Waals surface area (Å²) in [5.41, 5.74) is 3.63. The number of benzene rings is 1. The van der Waals surface area contributed by atoms with Crippen LogP contribution in [-0.2, 0) is 13.1 Å². The summed E-state index contributed by atoms with van der Waals surface area (Å²) in [6.45, 7) is 3.50. The van der Waals surface area contributed by atoms with Crippen molar-refractivity contribution in [1.29, 1.82) is 0 Å². The van der Waals surface area contributed by atoms with E-state index in [-0.39, 0.29) is 0 Å². The predicted octanol–water partition coefficient (Wildman–Crippen LogP) is 3.40. The summed E-state index contributed by atoms with van der Waals surface area (Å²) in [7, 11) is 0. The summed E-state index contributed by atoms with van der Waals surface area (Å²) in [6.07, 6.45) is 5.30. The second-order valence-electron chi connectivity index (χ2n) is 5.32. The number of anilines is 2. The van der Waals surface area contributed by atoms with Crippen LogP contribution in [0, 0.1) is 6.92 Å². The Morgan fingerprint density at radius 3 is 2.52 bits per heavy atom. The van der Waals surface area contributed by atoms with Crippen LogP contribution in [0.25, 0.3) is 0 Å². The smallest absolute Gasteiger partial charge is 0.224 e. The van der Waals surface area contributed by atoms with E-state index in [4.69, 9.17) is 0 Å². The standard InChI is InChI=1S/C18H19N5/c1-14-3-2-4-16(11-14)13-21-17-7-10-20-18(23-17)22-12-15-5-8-19-9-6-15/h2-11H,12-13H2,1H3,(H2,20,21,22,23). The number of rotatable bonds is 6. The molecule has 0 saturated carbocycles. The lowest BCUT2D eigenvalue weighted by Gasteiger charge is -2.09. The summed E-state index contributed by atoms with van der Waals surface area (Å²) in [6, 6.07) is 14.2. The first-order valence-electron chi connectivity index (χ1n) is 7.55. The van der Waals surface area contributed by atoms with Crippen LogP contribution in [0.3, 0.4) is 0 Å². The van der Waals surface area contributed by atoms with E-state index >= 15 is 0 Å². The first-order valence-corrected chi connectivity index (χ1v) is 7.55. The molecule has 5 nitrogen and oxygen atoms in total. The van der Waals surface area contributed by atoms with Gasteiger partial charge in [-0.25, -0.2) is 4.98 Å². The molecule has 116 valence electrons. The highest BCUT2D eigenvalue weighted by Gasteiger charge is 2.00. The molecule has 0 radical (unpaired) electrons. The number of hydrogen-bond donors (Lipinski definition) is 2. The van der Waals surface area contributed by atoms with Crippen LogP contribution in [-0.4, -0.2) is 15.0 Å². The van der Waals surface area contributed by atoms with Gasteiger partial charge in [0.25, 0.3) is 0 Å². The number of aryl methyl sites for hydroxylation is 1. The molecule has 23 heavy (non-hydrogen) atoms. The van der Waals surface area contributed by atoms with E-state index < -0.39 is 0 Å². The molecule has 3 aromatic rings. The minimum atomic E-state index is 0.607. The van der Waals surface area contributed by atoms with Gasteiger partial charge >= 0.3 is 0 Å². The molecule has 0 amide bonds.